The summed E-state index contributed by atoms with van der Waals surface area (Å²) in [6.07, 6.45) is 1.02. The Morgan fingerprint density at radius 2 is 0.536 bits per heavy atom. The third-order valence-electron chi connectivity index (χ3n) is 10.3. The predicted octanol–water partition coefficient (Wildman–Crippen LogP) is 12.9. The second-order valence-electron chi connectivity index (χ2n) is 14.3. The van der Waals surface area contributed by atoms with E-state index in [2.05, 4.69) is 19.9 Å². The molecule has 8 bridgehead atoms. The number of aromatic nitrogens is 4. The van der Waals surface area contributed by atoms with E-state index in [1.807, 2.05) is 0 Å². The Hall–Kier alpha value is -7.30. The van der Waals surface area contributed by atoms with Gasteiger partial charge in [-0.25, -0.2) is 97.8 Å². The number of halogens is 20. The van der Waals surface area contributed by atoms with Crippen LogP contribution >= 0.6 is 0 Å². The predicted molar refractivity (Wildman–Crippen MR) is 196 cm³/mol. The fourth-order valence-corrected chi connectivity index (χ4v) is 7.28. The number of hydrogen-bond acceptors (Lipinski definition) is 2. The number of hydrogen-bond donors (Lipinski definition) is 0. The molecule has 9 rings (SSSR count). The zero-order valence-electron chi connectivity index (χ0n) is 32.7. The Bertz CT molecular complexity index is 3590. The van der Waals surface area contributed by atoms with Gasteiger partial charge in [-0.15, -0.1) is 22.1 Å². The van der Waals surface area contributed by atoms with Crippen LogP contribution in [-0.2, 0) is 19.5 Å². The number of nitrogens with zero attached hydrogens (tertiary/aromatic N) is 4. The molecule has 0 unspecified atom stereocenters. The van der Waals surface area contributed by atoms with Gasteiger partial charge in [-0.1, -0.05) is 30.3 Å². The summed E-state index contributed by atoms with van der Waals surface area (Å²) in [5.74, 6) is -50.9. The van der Waals surface area contributed by atoms with E-state index in [4.69, 9.17) is 0 Å². The summed E-state index contributed by atoms with van der Waals surface area (Å²) in [6.45, 7) is 0. The number of fused-ring (bicyclic) bond motifs is 8. The summed E-state index contributed by atoms with van der Waals surface area (Å²) >= 11 is 0. The first-order chi connectivity index (χ1) is 32.0. The topological polar surface area (TPSA) is 54.0 Å². The largest absolute Gasteiger partial charge is 2.00 e. The van der Waals surface area contributed by atoms with Gasteiger partial charge in [0.05, 0.1) is 45.0 Å². The summed E-state index contributed by atoms with van der Waals surface area (Å²) in [5, 5.41) is 0. The van der Waals surface area contributed by atoms with Crippen molar-refractivity contribution < 1.29 is 107 Å². The van der Waals surface area contributed by atoms with Crippen molar-refractivity contribution >= 4 is 45.4 Å². The molecule has 0 N–H and O–H groups in total. The maximum absolute atomic E-state index is 15.4. The van der Waals surface area contributed by atoms with Gasteiger partial charge < -0.3 is 9.97 Å². The van der Waals surface area contributed by atoms with Gasteiger partial charge in [-0.05, 0) is 29.3 Å². The van der Waals surface area contributed by atoms with E-state index < -0.39 is 206 Å². The molecule has 2 aliphatic rings. The van der Waals surface area contributed by atoms with Crippen molar-refractivity contribution in [2.24, 2.45) is 0 Å². The summed E-state index contributed by atoms with van der Waals surface area (Å²) < 4.78 is 297. The molecule has 4 aromatic carbocycles. The molecule has 4 nitrogen and oxygen atoms in total. The van der Waals surface area contributed by atoms with Gasteiger partial charge in [-0.3, -0.25) is 0 Å². The quantitative estimate of drug-likeness (QED) is 0.0763. The van der Waals surface area contributed by atoms with Crippen molar-refractivity contribution in [3.05, 3.63) is 187 Å². The molecule has 7 aromatic rings. The third kappa shape index (κ3) is 7.35. The molecule has 25 heteroatoms. The minimum Gasteiger partial charge on any atom is -0.657 e. The standard InChI is InChI=1S/C44H8F20N4.Zn/c45-25-21(26(46)34(54)41(61)33(25)53)13-1-9-5-18-14(22-27(47)35(55)42(62)36(56)28(22)48)3-11(66-18)7-20-16(24-31(51)39(59)44(64)40(60)32(24)52)4-12(68-20)8-19-15(2-10(67-19)6-17(13)65-9)23-29(49)37(57)43(63)38(58)30(23)50;/h1-8H;/q-2;+2. The summed E-state index contributed by atoms with van der Waals surface area (Å²) in [5.41, 5.74) is -18.2. The zero-order valence-corrected chi connectivity index (χ0v) is 35.6. The van der Waals surface area contributed by atoms with Gasteiger partial charge in [0.25, 0.3) is 0 Å². The first kappa shape index (κ1) is 48.2. The third-order valence-corrected chi connectivity index (χ3v) is 10.3. The molecular formula is C44H8F20N4Zn. The molecule has 346 valence electrons. The zero-order chi connectivity index (χ0) is 49.3. The second-order valence-corrected chi connectivity index (χ2v) is 14.3. The average molecular weight is 1040 g/mol. The van der Waals surface area contributed by atoms with Crippen molar-refractivity contribution in [1.82, 2.24) is 19.9 Å². The Balaban J connectivity index is 0.00000642. The Morgan fingerprint density at radius 1 is 0.275 bits per heavy atom. The molecule has 0 atom stereocenters. The van der Waals surface area contributed by atoms with E-state index in [0.717, 1.165) is 0 Å². The molecule has 0 saturated carbocycles. The minimum absolute atomic E-state index is 0. The summed E-state index contributed by atoms with van der Waals surface area (Å²) in [4.78, 5) is 15.9. The van der Waals surface area contributed by atoms with Crippen LogP contribution in [0, 0.1) is 116 Å². The van der Waals surface area contributed by atoms with Gasteiger partial charge in [0.15, 0.2) is 93.1 Å². The van der Waals surface area contributed by atoms with Crippen LogP contribution in [0.4, 0.5) is 87.8 Å². The van der Waals surface area contributed by atoms with Crippen LogP contribution in [0.15, 0.2) is 36.4 Å². The van der Waals surface area contributed by atoms with Gasteiger partial charge in [0.2, 0.25) is 23.3 Å². The molecule has 0 fully saturated rings. The molecule has 0 spiro atoms. The van der Waals surface area contributed by atoms with E-state index in [0.29, 0.717) is 48.6 Å². The maximum Gasteiger partial charge on any atom is 2.00 e. The Morgan fingerprint density at radius 3 is 0.884 bits per heavy atom. The normalized spacial score (nSPS) is 12.4. The van der Waals surface area contributed by atoms with Crippen LogP contribution in [0.2, 0.25) is 0 Å². The van der Waals surface area contributed by atoms with E-state index in [-0.39, 0.29) is 19.5 Å². The van der Waals surface area contributed by atoms with Crippen LogP contribution in [0.5, 0.6) is 0 Å². The molecule has 3 aromatic heterocycles. The van der Waals surface area contributed by atoms with Crippen molar-refractivity contribution in [2.75, 3.05) is 0 Å². The van der Waals surface area contributed by atoms with E-state index >= 15 is 35.1 Å². The van der Waals surface area contributed by atoms with Gasteiger partial charge >= 0.3 is 19.5 Å². The number of rotatable bonds is 4. The molecular weight excluding hydrogens is 1030 g/mol. The van der Waals surface area contributed by atoms with Gasteiger partial charge in [0, 0.05) is 11.1 Å². The van der Waals surface area contributed by atoms with E-state index in [1.165, 1.54) is 0 Å². The molecule has 0 saturated heterocycles. The smallest absolute Gasteiger partial charge is 0.657 e. The first-order valence-corrected chi connectivity index (χ1v) is 18.2. The number of benzene rings is 4. The van der Waals surface area contributed by atoms with Crippen molar-refractivity contribution in [3.8, 4) is 22.3 Å². The van der Waals surface area contributed by atoms with Gasteiger partial charge in [0.1, 0.15) is 0 Å². The van der Waals surface area contributed by atoms with Crippen LogP contribution in [0.25, 0.3) is 67.6 Å². The van der Waals surface area contributed by atoms with Gasteiger partial charge in [-0.2, -0.15) is 0 Å². The minimum atomic E-state index is -2.65. The van der Waals surface area contributed by atoms with Crippen molar-refractivity contribution in [3.63, 3.8) is 0 Å². The average Bonchev–Trinajstić information content (AvgIpc) is 4.10. The Kier molecular flexibility index (Phi) is 11.9. The second kappa shape index (κ2) is 17.0. The summed E-state index contributed by atoms with van der Waals surface area (Å²) in [7, 11) is 0. The van der Waals surface area contributed by atoms with Crippen molar-refractivity contribution in [1.29, 1.82) is 0 Å². The molecule has 0 aliphatic carbocycles. The fraction of sp³-hybridized carbons (Fsp3) is 0. The monoisotopic (exact) mass is 1040 g/mol. The molecule has 5 heterocycles. The van der Waals surface area contributed by atoms with Crippen LogP contribution in [0.3, 0.4) is 0 Å². The van der Waals surface area contributed by atoms with E-state index in [1.54, 1.807) is 0 Å². The molecule has 0 radical (unpaired) electrons. The first-order valence-electron chi connectivity index (χ1n) is 18.2. The van der Waals surface area contributed by atoms with Crippen LogP contribution in [-0.4, -0.2) is 9.97 Å². The van der Waals surface area contributed by atoms with Crippen LogP contribution in [0.1, 0.15) is 33.9 Å². The summed E-state index contributed by atoms with van der Waals surface area (Å²) in [6, 6.07) is 3.23. The van der Waals surface area contributed by atoms with Crippen LogP contribution < -0.4 is 9.97 Å². The maximum atomic E-state index is 15.4. The van der Waals surface area contributed by atoms with E-state index in [9.17, 15) is 52.7 Å². The molecule has 0 amide bonds. The Labute approximate surface area is 380 Å². The molecule has 2 aliphatic heterocycles. The fourth-order valence-electron chi connectivity index (χ4n) is 7.28. The SMILES string of the molecule is Fc1c(F)c(F)c(C2=Cc3cc4[n-]c(cc4-c4c(F)c(F)c(F)c(F)c4F)cc4[n-]c(cc5nc(cc2n3)C=C5c2c(F)c(F)c(F)c(F)c2F)cc4-c2c(F)c(F)c(F)c(F)c2F)c(F)c1F.[Zn+2]. The molecule has 69 heavy (non-hydrogen) atoms. The van der Waals surface area contributed by atoms with Crippen molar-refractivity contribution in [2.45, 2.75) is 0 Å².